The van der Waals surface area contributed by atoms with Gasteiger partial charge in [0.15, 0.2) is 0 Å². The maximum absolute atomic E-state index is 13.3. The van der Waals surface area contributed by atoms with Crippen molar-refractivity contribution in [1.29, 1.82) is 0 Å². The van der Waals surface area contributed by atoms with Crippen LogP contribution in [0, 0.1) is 0 Å². The lowest BCUT2D eigenvalue weighted by molar-refractivity contribution is 0.0981. The molecule has 0 saturated carbocycles. The van der Waals surface area contributed by atoms with Gasteiger partial charge in [-0.2, -0.15) is 0 Å². The average Bonchev–Trinajstić information content (AvgIpc) is 3.05. The van der Waals surface area contributed by atoms with E-state index in [1.807, 2.05) is 31.2 Å². The zero-order chi connectivity index (χ0) is 20.6. The summed E-state index contributed by atoms with van der Waals surface area (Å²) in [5.74, 6) is -0.256. The van der Waals surface area contributed by atoms with E-state index >= 15 is 0 Å². The Labute approximate surface area is 175 Å². The van der Waals surface area contributed by atoms with Gasteiger partial charge in [-0.1, -0.05) is 48.0 Å². The van der Waals surface area contributed by atoms with Crippen LogP contribution in [-0.4, -0.2) is 20.4 Å². The summed E-state index contributed by atoms with van der Waals surface area (Å²) in [6, 6.07) is 20.4. The molecule has 0 radical (unpaired) electrons. The number of para-hydroxylation sites is 1. The lowest BCUT2D eigenvalue weighted by atomic mass is 10.1. The molecule has 0 aliphatic carbocycles. The largest absolute Gasteiger partial charge is 0.305 e. The van der Waals surface area contributed by atoms with Crippen molar-refractivity contribution in [2.45, 2.75) is 24.3 Å². The molecule has 0 aromatic heterocycles. The Morgan fingerprint density at radius 2 is 1.72 bits per heavy atom. The molecular weight excluding hydrogens is 408 g/mol. The summed E-state index contributed by atoms with van der Waals surface area (Å²) >= 11 is 6.31. The van der Waals surface area contributed by atoms with Crippen molar-refractivity contribution in [2.75, 3.05) is 9.62 Å². The minimum atomic E-state index is -3.77. The molecule has 3 aromatic carbocycles. The molecule has 3 aromatic rings. The van der Waals surface area contributed by atoms with Gasteiger partial charge in [0.25, 0.3) is 15.9 Å². The summed E-state index contributed by atoms with van der Waals surface area (Å²) in [6.45, 7) is 1.98. The smallest absolute Gasteiger partial charge is 0.261 e. The van der Waals surface area contributed by atoms with Gasteiger partial charge in [-0.15, -0.1) is 0 Å². The molecule has 0 spiro atoms. The Morgan fingerprint density at radius 3 is 2.48 bits per heavy atom. The lowest BCUT2D eigenvalue weighted by Crippen LogP contribution is -2.36. The van der Waals surface area contributed by atoms with Crippen LogP contribution in [0.1, 0.15) is 22.8 Å². The number of hydrogen-bond acceptors (Lipinski definition) is 3. The van der Waals surface area contributed by atoms with Crippen LogP contribution in [0.2, 0.25) is 5.02 Å². The van der Waals surface area contributed by atoms with Crippen LogP contribution in [0.25, 0.3) is 0 Å². The molecule has 1 heterocycles. The molecule has 0 bridgehead atoms. The van der Waals surface area contributed by atoms with Gasteiger partial charge >= 0.3 is 0 Å². The minimum absolute atomic E-state index is 0.0133. The van der Waals surface area contributed by atoms with E-state index in [1.54, 1.807) is 29.2 Å². The summed E-state index contributed by atoms with van der Waals surface area (Å²) < 4.78 is 27.7. The molecule has 1 aliphatic rings. The van der Waals surface area contributed by atoms with E-state index in [-0.39, 0.29) is 33.1 Å². The van der Waals surface area contributed by atoms with E-state index in [1.165, 1.54) is 24.3 Å². The summed E-state index contributed by atoms with van der Waals surface area (Å²) in [5.41, 5.74) is 2.49. The van der Waals surface area contributed by atoms with Gasteiger partial charge in [0.1, 0.15) is 0 Å². The molecule has 1 aliphatic heterocycles. The Balaban J connectivity index is 1.67. The summed E-state index contributed by atoms with van der Waals surface area (Å²) in [7, 11) is -3.77. The quantitative estimate of drug-likeness (QED) is 0.655. The number of hydrogen-bond donors (Lipinski definition) is 1. The average molecular weight is 427 g/mol. The molecule has 148 valence electrons. The zero-order valence-electron chi connectivity index (χ0n) is 15.7. The minimum Gasteiger partial charge on any atom is -0.305 e. The number of halogens is 1. The first-order valence-corrected chi connectivity index (χ1v) is 11.0. The van der Waals surface area contributed by atoms with Crippen molar-refractivity contribution < 1.29 is 13.2 Å². The first kappa shape index (κ1) is 19.5. The van der Waals surface area contributed by atoms with Crippen LogP contribution in [0.15, 0.2) is 77.7 Å². The predicted octanol–water partition coefficient (Wildman–Crippen LogP) is 4.73. The lowest BCUT2D eigenvalue weighted by Gasteiger charge is -2.23. The molecule has 1 N–H and O–H groups in total. The van der Waals surface area contributed by atoms with Gasteiger partial charge in [-0.3, -0.25) is 9.52 Å². The highest BCUT2D eigenvalue weighted by atomic mass is 35.5. The predicted molar refractivity (Wildman–Crippen MR) is 115 cm³/mol. The third-order valence-corrected chi connectivity index (χ3v) is 6.66. The summed E-state index contributed by atoms with van der Waals surface area (Å²) in [4.78, 5) is 15.2. The number of sulfonamides is 1. The molecule has 0 unspecified atom stereocenters. The molecule has 7 heteroatoms. The molecule has 1 amide bonds. The molecule has 0 saturated heterocycles. The van der Waals surface area contributed by atoms with Crippen LogP contribution in [0.4, 0.5) is 11.4 Å². The van der Waals surface area contributed by atoms with Crippen LogP contribution in [-0.2, 0) is 16.4 Å². The number of rotatable bonds is 4. The monoisotopic (exact) mass is 426 g/mol. The van der Waals surface area contributed by atoms with E-state index in [2.05, 4.69) is 4.72 Å². The van der Waals surface area contributed by atoms with Gasteiger partial charge in [0.2, 0.25) is 0 Å². The number of anilines is 2. The maximum Gasteiger partial charge on any atom is 0.261 e. The highest BCUT2D eigenvalue weighted by Gasteiger charge is 2.32. The molecule has 4 rings (SSSR count). The van der Waals surface area contributed by atoms with Gasteiger partial charge in [-0.05, 0) is 55.3 Å². The number of amides is 1. The van der Waals surface area contributed by atoms with Crippen molar-refractivity contribution in [3.8, 4) is 0 Å². The van der Waals surface area contributed by atoms with Crippen LogP contribution in [0.5, 0.6) is 0 Å². The summed E-state index contributed by atoms with van der Waals surface area (Å²) in [6.07, 6.45) is 0.764. The molecule has 5 nitrogen and oxygen atoms in total. The summed E-state index contributed by atoms with van der Waals surface area (Å²) in [5, 5.41) is 0.272. The molecule has 29 heavy (non-hydrogen) atoms. The first-order chi connectivity index (χ1) is 13.9. The zero-order valence-corrected chi connectivity index (χ0v) is 17.2. The Bertz CT molecular complexity index is 1180. The highest BCUT2D eigenvalue weighted by molar-refractivity contribution is 7.92. The number of carbonyl (C=O) groups excluding carboxylic acids is 1. The van der Waals surface area contributed by atoms with E-state index in [9.17, 15) is 13.2 Å². The maximum atomic E-state index is 13.3. The second kappa shape index (κ2) is 7.54. The first-order valence-electron chi connectivity index (χ1n) is 9.16. The van der Waals surface area contributed by atoms with Gasteiger partial charge in [0.05, 0.1) is 15.5 Å². The fourth-order valence-electron chi connectivity index (χ4n) is 3.57. The standard InChI is InChI=1S/C22H19ClN2O3S/c1-15-13-16-7-5-6-10-21(16)25(15)22(26)19-14-17(11-12-20(19)23)24-29(27,28)18-8-3-2-4-9-18/h2-12,14-15,24H,13H2,1H3/t15-/m1/s1. The van der Waals surface area contributed by atoms with E-state index < -0.39 is 10.0 Å². The van der Waals surface area contributed by atoms with Crippen molar-refractivity contribution in [2.24, 2.45) is 0 Å². The Kier molecular flexibility index (Phi) is 5.06. The normalized spacial score (nSPS) is 15.8. The van der Waals surface area contributed by atoms with E-state index in [4.69, 9.17) is 11.6 Å². The van der Waals surface area contributed by atoms with Crippen molar-refractivity contribution in [3.05, 3.63) is 88.9 Å². The number of nitrogens with one attached hydrogen (secondary N) is 1. The third-order valence-electron chi connectivity index (χ3n) is 4.93. The van der Waals surface area contributed by atoms with Crippen LogP contribution in [0.3, 0.4) is 0 Å². The second-order valence-electron chi connectivity index (χ2n) is 6.97. The molecule has 0 fully saturated rings. The van der Waals surface area contributed by atoms with E-state index in [0.29, 0.717) is 0 Å². The van der Waals surface area contributed by atoms with Crippen LogP contribution >= 0.6 is 11.6 Å². The van der Waals surface area contributed by atoms with Crippen LogP contribution < -0.4 is 9.62 Å². The van der Waals surface area contributed by atoms with Gasteiger partial charge in [0, 0.05) is 17.4 Å². The van der Waals surface area contributed by atoms with Crippen molar-refractivity contribution in [3.63, 3.8) is 0 Å². The van der Waals surface area contributed by atoms with Crippen molar-refractivity contribution >= 4 is 38.9 Å². The SMILES string of the molecule is C[C@@H]1Cc2ccccc2N1C(=O)c1cc(NS(=O)(=O)c2ccccc2)ccc1Cl. The number of benzene rings is 3. The Hall–Kier alpha value is -2.83. The fraction of sp³-hybridized carbons (Fsp3) is 0.136. The van der Waals surface area contributed by atoms with Gasteiger partial charge in [-0.25, -0.2) is 8.42 Å². The van der Waals surface area contributed by atoms with Crippen molar-refractivity contribution in [1.82, 2.24) is 0 Å². The topological polar surface area (TPSA) is 66.5 Å². The Morgan fingerprint density at radius 1 is 1.03 bits per heavy atom. The van der Waals surface area contributed by atoms with E-state index in [0.717, 1.165) is 17.7 Å². The highest BCUT2D eigenvalue weighted by Crippen LogP contribution is 2.34. The number of nitrogens with zero attached hydrogens (tertiary/aromatic N) is 1. The fourth-order valence-corrected chi connectivity index (χ4v) is 4.84. The van der Waals surface area contributed by atoms with Gasteiger partial charge < -0.3 is 4.90 Å². The number of carbonyl (C=O) groups is 1. The number of fused-ring (bicyclic) bond motifs is 1. The molecule has 1 atom stereocenters. The third kappa shape index (κ3) is 3.73. The molecular formula is C22H19ClN2O3S. The second-order valence-corrected chi connectivity index (χ2v) is 9.06.